The van der Waals surface area contributed by atoms with Gasteiger partial charge in [-0.2, -0.15) is 9.57 Å². The summed E-state index contributed by atoms with van der Waals surface area (Å²) >= 11 is 12.0. The van der Waals surface area contributed by atoms with Crippen molar-refractivity contribution >= 4 is 33.2 Å². The summed E-state index contributed by atoms with van der Waals surface area (Å²) in [6.45, 7) is 0.920. The van der Waals surface area contributed by atoms with Crippen LogP contribution in [-0.2, 0) is 10.0 Å². The molecule has 1 fully saturated rings. The van der Waals surface area contributed by atoms with Crippen LogP contribution in [-0.4, -0.2) is 25.8 Å². The molecule has 0 radical (unpaired) electrons. The van der Waals surface area contributed by atoms with Gasteiger partial charge in [0.25, 0.3) is 0 Å². The number of hydrogen-bond acceptors (Lipinski definition) is 4. The Hall–Kier alpha value is -1.78. The molecule has 3 rings (SSSR count). The maximum Gasteiger partial charge on any atom is 0.246 e. The molecule has 5 nitrogen and oxygen atoms in total. The number of sulfonamides is 1. The summed E-state index contributed by atoms with van der Waals surface area (Å²) in [4.78, 5) is -0.0282. The minimum absolute atomic E-state index is 0.0282. The molecule has 8 heteroatoms. The van der Waals surface area contributed by atoms with E-state index in [1.807, 2.05) is 6.07 Å². The zero-order valence-corrected chi connectivity index (χ0v) is 16.8. The second kappa shape index (κ2) is 8.49. The topological polar surface area (TPSA) is 70.4 Å². The molecule has 142 valence electrons. The van der Waals surface area contributed by atoms with Gasteiger partial charge in [-0.25, -0.2) is 8.42 Å². The van der Waals surface area contributed by atoms with E-state index in [9.17, 15) is 13.7 Å². The third kappa shape index (κ3) is 4.74. The second-order valence-electron chi connectivity index (χ2n) is 6.30. The zero-order chi connectivity index (χ0) is 19.4. The third-order valence-electron chi connectivity index (χ3n) is 4.32. The van der Waals surface area contributed by atoms with Crippen molar-refractivity contribution in [2.24, 2.45) is 0 Å². The number of hydrogen-bond donors (Lipinski definition) is 0. The van der Waals surface area contributed by atoms with Crippen LogP contribution in [0.15, 0.2) is 41.3 Å². The molecule has 0 aliphatic carbocycles. The van der Waals surface area contributed by atoms with Crippen molar-refractivity contribution in [3.05, 3.63) is 52.0 Å². The molecular weight excluding hydrogens is 407 g/mol. The van der Waals surface area contributed by atoms with Crippen molar-refractivity contribution in [3.63, 3.8) is 0 Å². The van der Waals surface area contributed by atoms with E-state index in [4.69, 9.17) is 27.9 Å². The third-order valence-corrected chi connectivity index (χ3v) is 6.68. The fourth-order valence-electron chi connectivity index (χ4n) is 3.00. The van der Waals surface area contributed by atoms with Crippen LogP contribution < -0.4 is 4.74 Å². The van der Waals surface area contributed by atoms with Crippen molar-refractivity contribution in [2.75, 3.05) is 13.1 Å². The Morgan fingerprint density at radius 1 is 0.963 bits per heavy atom. The average molecular weight is 425 g/mol. The lowest BCUT2D eigenvalue weighted by Crippen LogP contribution is -2.32. The van der Waals surface area contributed by atoms with E-state index in [0.717, 1.165) is 25.7 Å². The smallest absolute Gasteiger partial charge is 0.246 e. The predicted molar refractivity (Wildman–Crippen MR) is 105 cm³/mol. The summed E-state index contributed by atoms with van der Waals surface area (Å²) in [5.41, 5.74) is 0.250. The highest BCUT2D eigenvalue weighted by atomic mass is 35.5. The molecular formula is C19H18Cl2N2O3S. The normalized spacial score (nSPS) is 15.7. The fourth-order valence-corrected chi connectivity index (χ4v) is 5.16. The lowest BCUT2D eigenvalue weighted by Gasteiger charge is -2.22. The Bertz CT molecular complexity index is 959. The molecule has 1 aliphatic rings. The van der Waals surface area contributed by atoms with Gasteiger partial charge in [-0.3, -0.25) is 0 Å². The van der Waals surface area contributed by atoms with Gasteiger partial charge in [0, 0.05) is 23.1 Å². The quantitative estimate of drug-likeness (QED) is 0.673. The lowest BCUT2D eigenvalue weighted by molar-refractivity contribution is 0.416. The first kappa shape index (κ1) is 20.0. The standard InChI is InChI=1S/C19H18Cl2N2O3S/c20-15-10-16(21)12-17(11-15)26-18-6-5-14(13-22)9-19(18)27(24,25)23-7-3-1-2-4-8-23/h5-6,9-12H,1-4,7-8H2. The van der Waals surface area contributed by atoms with E-state index in [-0.39, 0.29) is 16.2 Å². The Morgan fingerprint density at radius 2 is 1.59 bits per heavy atom. The van der Waals surface area contributed by atoms with Gasteiger partial charge in [0.2, 0.25) is 10.0 Å². The molecule has 0 aromatic heterocycles. The van der Waals surface area contributed by atoms with E-state index >= 15 is 0 Å². The first-order valence-corrected chi connectivity index (χ1v) is 10.8. The Morgan fingerprint density at radius 3 is 2.19 bits per heavy atom. The van der Waals surface area contributed by atoms with Crippen LogP contribution >= 0.6 is 23.2 Å². The van der Waals surface area contributed by atoms with Crippen molar-refractivity contribution < 1.29 is 13.2 Å². The molecule has 2 aromatic carbocycles. The first-order valence-electron chi connectivity index (χ1n) is 8.58. The molecule has 0 amide bonds. The molecule has 0 spiro atoms. The van der Waals surface area contributed by atoms with Gasteiger partial charge in [0.15, 0.2) is 0 Å². The highest BCUT2D eigenvalue weighted by Gasteiger charge is 2.29. The number of halogens is 2. The zero-order valence-electron chi connectivity index (χ0n) is 14.5. The Labute approximate surface area is 169 Å². The van der Waals surface area contributed by atoms with Crippen molar-refractivity contribution in [3.8, 4) is 17.6 Å². The maximum absolute atomic E-state index is 13.2. The summed E-state index contributed by atoms with van der Waals surface area (Å²) in [6.07, 6.45) is 3.65. The number of nitriles is 1. The van der Waals surface area contributed by atoms with Crippen LogP contribution in [0.2, 0.25) is 10.0 Å². The molecule has 0 N–H and O–H groups in total. The van der Waals surface area contributed by atoms with Crippen LogP contribution in [0.5, 0.6) is 11.5 Å². The highest BCUT2D eigenvalue weighted by molar-refractivity contribution is 7.89. The van der Waals surface area contributed by atoms with Gasteiger partial charge >= 0.3 is 0 Å². The monoisotopic (exact) mass is 424 g/mol. The van der Waals surface area contributed by atoms with Crippen LogP contribution in [0.3, 0.4) is 0 Å². The summed E-state index contributed by atoms with van der Waals surface area (Å²) < 4.78 is 33.7. The van der Waals surface area contributed by atoms with Gasteiger partial charge in [0.1, 0.15) is 16.4 Å². The van der Waals surface area contributed by atoms with Crippen molar-refractivity contribution in [1.82, 2.24) is 4.31 Å². The lowest BCUT2D eigenvalue weighted by atomic mass is 10.2. The van der Waals surface area contributed by atoms with Gasteiger partial charge in [0.05, 0.1) is 11.6 Å². The molecule has 1 aliphatic heterocycles. The predicted octanol–water partition coefficient (Wildman–Crippen LogP) is 5.22. The van der Waals surface area contributed by atoms with E-state index in [1.54, 1.807) is 18.2 Å². The number of rotatable bonds is 4. The molecule has 0 atom stereocenters. The molecule has 1 heterocycles. The van der Waals surface area contributed by atoms with Gasteiger partial charge in [-0.15, -0.1) is 0 Å². The number of benzene rings is 2. The van der Waals surface area contributed by atoms with Crippen LogP contribution in [0.25, 0.3) is 0 Å². The SMILES string of the molecule is N#Cc1ccc(Oc2cc(Cl)cc(Cl)c2)c(S(=O)(=O)N2CCCCCC2)c1. The minimum atomic E-state index is -3.80. The van der Waals surface area contributed by atoms with Crippen LogP contribution in [0.4, 0.5) is 0 Å². The van der Waals surface area contributed by atoms with Gasteiger partial charge in [-0.05, 0) is 49.2 Å². The molecule has 2 aromatic rings. The van der Waals surface area contributed by atoms with E-state index in [0.29, 0.717) is 28.9 Å². The molecule has 0 bridgehead atoms. The van der Waals surface area contributed by atoms with Crippen LogP contribution in [0.1, 0.15) is 31.2 Å². The summed E-state index contributed by atoms with van der Waals surface area (Å²) in [5.74, 6) is 0.459. The largest absolute Gasteiger partial charge is 0.456 e. The molecule has 0 unspecified atom stereocenters. The fraction of sp³-hybridized carbons (Fsp3) is 0.316. The van der Waals surface area contributed by atoms with Crippen molar-refractivity contribution in [1.29, 1.82) is 5.26 Å². The van der Waals surface area contributed by atoms with Crippen molar-refractivity contribution in [2.45, 2.75) is 30.6 Å². The average Bonchev–Trinajstić information content (AvgIpc) is 2.91. The minimum Gasteiger partial charge on any atom is -0.456 e. The maximum atomic E-state index is 13.2. The Balaban J connectivity index is 2.03. The van der Waals surface area contributed by atoms with E-state index < -0.39 is 10.0 Å². The molecule has 27 heavy (non-hydrogen) atoms. The summed E-state index contributed by atoms with van der Waals surface area (Å²) in [5, 5.41) is 9.96. The molecule has 1 saturated heterocycles. The summed E-state index contributed by atoms with van der Waals surface area (Å²) in [6, 6.07) is 11.0. The van der Waals surface area contributed by atoms with Gasteiger partial charge in [-0.1, -0.05) is 36.0 Å². The van der Waals surface area contributed by atoms with E-state index in [1.165, 1.54) is 22.5 Å². The first-order chi connectivity index (χ1) is 12.9. The Kier molecular flexibility index (Phi) is 6.28. The number of nitrogens with zero attached hydrogens (tertiary/aromatic N) is 2. The van der Waals surface area contributed by atoms with Crippen LogP contribution in [0, 0.1) is 11.3 Å². The number of ether oxygens (including phenoxy) is 1. The summed E-state index contributed by atoms with van der Waals surface area (Å²) in [7, 11) is -3.80. The highest BCUT2D eigenvalue weighted by Crippen LogP contribution is 2.34. The van der Waals surface area contributed by atoms with E-state index in [2.05, 4.69) is 0 Å². The molecule has 0 saturated carbocycles. The second-order valence-corrected chi connectivity index (χ2v) is 9.08. The van der Waals surface area contributed by atoms with Gasteiger partial charge < -0.3 is 4.74 Å².